The van der Waals surface area contributed by atoms with Crippen molar-refractivity contribution in [2.24, 2.45) is 4.99 Å². The predicted molar refractivity (Wildman–Crippen MR) is 185 cm³/mol. The number of halogens is 2. The molecular formula is C36H43Cl2N5O3. The number of amidine groups is 1. The van der Waals surface area contributed by atoms with Crippen molar-refractivity contribution in [2.75, 3.05) is 45.9 Å². The number of aliphatic imine (C=N–C) groups is 1. The Bertz CT molecular complexity index is 1560. The molecule has 1 fully saturated rings. The van der Waals surface area contributed by atoms with Crippen LogP contribution in [-0.2, 0) is 10.2 Å². The summed E-state index contributed by atoms with van der Waals surface area (Å²) in [5.41, 5.74) is 3.69. The van der Waals surface area contributed by atoms with Crippen molar-refractivity contribution < 1.29 is 14.3 Å². The molecule has 46 heavy (non-hydrogen) atoms. The molecule has 2 aliphatic heterocycles. The van der Waals surface area contributed by atoms with E-state index in [4.69, 9.17) is 32.9 Å². The Hall–Kier alpha value is -3.59. The van der Waals surface area contributed by atoms with Gasteiger partial charge in [0.15, 0.2) is 0 Å². The Morgan fingerprint density at radius 3 is 2.09 bits per heavy atom. The molecule has 0 saturated carbocycles. The maximum atomic E-state index is 14.8. The average molecular weight is 665 g/mol. The summed E-state index contributed by atoms with van der Waals surface area (Å²) in [6.45, 7) is 14.3. The average Bonchev–Trinajstić information content (AvgIpc) is 3.41. The van der Waals surface area contributed by atoms with E-state index in [2.05, 4.69) is 43.1 Å². The summed E-state index contributed by atoms with van der Waals surface area (Å²) >= 11 is 12.6. The van der Waals surface area contributed by atoms with E-state index in [1.807, 2.05) is 71.3 Å². The van der Waals surface area contributed by atoms with Crippen molar-refractivity contribution in [3.8, 4) is 5.75 Å². The van der Waals surface area contributed by atoms with Crippen LogP contribution in [0.25, 0.3) is 0 Å². The molecule has 1 N–H and O–H groups in total. The van der Waals surface area contributed by atoms with Gasteiger partial charge in [-0.15, -0.1) is 0 Å². The van der Waals surface area contributed by atoms with Crippen LogP contribution in [0.3, 0.4) is 0 Å². The number of amides is 3. The highest BCUT2D eigenvalue weighted by Crippen LogP contribution is 2.46. The predicted octanol–water partition coefficient (Wildman–Crippen LogP) is 7.11. The van der Waals surface area contributed by atoms with Gasteiger partial charge in [0.25, 0.3) is 0 Å². The third kappa shape index (κ3) is 7.68. The fraction of sp³-hybridized carbons (Fsp3) is 0.417. The lowest BCUT2D eigenvalue weighted by atomic mass is 9.86. The minimum absolute atomic E-state index is 0.0416. The van der Waals surface area contributed by atoms with Gasteiger partial charge in [-0.2, -0.15) is 0 Å². The molecule has 3 aromatic rings. The second-order valence-electron chi connectivity index (χ2n) is 12.8. The van der Waals surface area contributed by atoms with Crippen LogP contribution in [0.1, 0.15) is 69.0 Å². The summed E-state index contributed by atoms with van der Waals surface area (Å²) in [7, 11) is 0. The molecule has 2 atom stereocenters. The summed E-state index contributed by atoms with van der Waals surface area (Å²) in [6, 6.07) is 20.6. The molecular weight excluding hydrogens is 621 g/mol. The molecule has 3 amide bonds. The molecule has 0 spiro atoms. The van der Waals surface area contributed by atoms with Gasteiger partial charge in [-0.05, 0) is 65.4 Å². The number of piperazine rings is 1. The largest absolute Gasteiger partial charge is 0.493 e. The van der Waals surface area contributed by atoms with E-state index in [0.717, 1.165) is 28.8 Å². The van der Waals surface area contributed by atoms with Crippen molar-refractivity contribution in [3.63, 3.8) is 0 Å². The number of ether oxygens (including phenoxy) is 1. The normalized spacial score (nSPS) is 18.8. The van der Waals surface area contributed by atoms with Crippen molar-refractivity contribution >= 4 is 41.0 Å². The monoisotopic (exact) mass is 663 g/mol. The van der Waals surface area contributed by atoms with Gasteiger partial charge in [-0.25, -0.2) is 4.79 Å². The molecule has 0 aromatic heterocycles. The van der Waals surface area contributed by atoms with E-state index in [9.17, 15) is 9.59 Å². The molecule has 2 heterocycles. The Balaban J connectivity index is 1.58. The van der Waals surface area contributed by atoms with Crippen LogP contribution in [0.4, 0.5) is 4.79 Å². The first-order chi connectivity index (χ1) is 22.0. The quantitative estimate of drug-likeness (QED) is 0.279. The maximum Gasteiger partial charge on any atom is 0.326 e. The summed E-state index contributed by atoms with van der Waals surface area (Å²) in [6.07, 6.45) is 0. The molecule has 0 aliphatic carbocycles. The van der Waals surface area contributed by atoms with Gasteiger partial charge in [0.05, 0.1) is 18.2 Å². The van der Waals surface area contributed by atoms with Crippen LogP contribution in [0.5, 0.6) is 5.75 Å². The number of carbonyl (C=O) groups is 2. The summed E-state index contributed by atoms with van der Waals surface area (Å²) in [5.74, 6) is 1.22. The number of hydrogen-bond acceptors (Lipinski definition) is 5. The van der Waals surface area contributed by atoms with Crippen molar-refractivity contribution in [1.82, 2.24) is 20.0 Å². The zero-order valence-electron chi connectivity index (χ0n) is 27.2. The molecule has 5 rings (SSSR count). The fourth-order valence-corrected chi connectivity index (χ4v) is 6.26. The summed E-state index contributed by atoms with van der Waals surface area (Å²) < 4.78 is 6.24. The number of carbonyl (C=O) groups excluding carboxylic acids is 2. The van der Waals surface area contributed by atoms with E-state index in [1.165, 1.54) is 6.92 Å². The van der Waals surface area contributed by atoms with Gasteiger partial charge in [0.1, 0.15) is 17.6 Å². The second-order valence-corrected chi connectivity index (χ2v) is 13.7. The van der Waals surface area contributed by atoms with E-state index >= 15 is 0 Å². The standard InChI is InChI=1S/C36H43Cl2N5O3/c1-6-46-31-23-27(36(3,4)5)11-16-30(31)34-40-32(25-7-12-28(37)13-8-25)33(26-9-14-29(38)15-10-26)43(34)35(45)42-21-19-41(20-22-42)18-17-39-24(2)44/h7-16,23,32-33H,6,17-22H2,1-5H3,(H,39,44)/t32-,33+/m0/s1. The Morgan fingerprint density at radius 1 is 0.913 bits per heavy atom. The minimum Gasteiger partial charge on any atom is -0.493 e. The van der Waals surface area contributed by atoms with Crippen LogP contribution >= 0.6 is 23.2 Å². The van der Waals surface area contributed by atoms with E-state index in [1.54, 1.807) is 0 Å². The van der Waals surface area contributed by atoms with Gasteiger partial charge in [-0.3, -0.25) is 19.6 Å². The molecule has 0 bridgehead atoms. The SMILES string of the molecule is CCOc1cc(C(C)(C)C)ccc1C1=N[C@@H](c2ccc(Cl)cc2)[C@@H](c2ccc(Cl)cc2)N1C(=O)N1CCN(CCNC(C)=O)CC1. The van der Waals surface area contributed by atoms with Gasteiger partial charge in [0, 0.05) is 56.2 Å². The highest BCUT2D eigenvalue weighted by molar-refractivity contribution is 6.30. The van der Waals surface area contributed by atoms with Crippen molar-refractivity contribution in [2.45, 2.75) is 52.1 Å². The molecule has 244 valence electrons. The topological polar surface area (TPSA) is 77.5 Å². The van der Waals surface area contributed by atoms with Gasteiger partial charge in [0.2, 0.25) is 5.91 Å². The highest BCUT2D eigenvalue weighted by Gasteiger charge is 2.45. The first kappa shape index (κ1) is 33.8. The molecule has 10 heteroatoms. The first-order valence-electron chi connectivity index (χ1n) is 15.9. The minimum atomic E-state index is -0.435. The second kappa shape index (κ2) is 14.4. The first-order valence-corrected chi connectivity index (χ1v) is 16.6. The van der Waals surface area contributed by atoms with Gasteiger partial charge >= 0.3 is 6.03 Å². The maximum absolute atomic E-state index is 14.8. The van der Waals surface area contributed by atoms with Crippen LogP contribution < -0.4 is 10.1 Å². The highest BCUT2D eigenvalue weighted by atomic mass is 35.5. The molecule has 3 aromatic carbocycles. The number of urea groups is 1. The molecule has 0 radical (unpaired) electrons. The number of nitrogens with one attached hydrogen (secondary N) is 1. The lowest BCUT2D eigenvalue weighted by Crippen LogP contribution is -2.54. The molecule has 0 unspecified atom stereocenters. The molecule has 8 nitrogen and oxygen atoms in total. The number of benzene rings is 3. The van der Waals surface area contributed by atoms with Gasteiger partial charge < -0.3 is 15.0 Å². The Labute approximate surface area is 282 Å². The van der Waals surface area contributed by atoms with Crippen molar-refractivity contribution in [1.29, 1.82) is 0 Å². The van der Waals surface area contributed by atoms with Crippen molar-refractivity contribution in [3.05, 3.63) is 99.0 Å². The number of nitrogens with zero attached hydrogens (tertiary/aromatic N) is 4. The third-order valence-corrected chi connectivity index (χ3v) is 9.03. The van der Waals surface area contributed by atoms with Crippen LogP contribution in [-0.4, -0.2) is 78.3 Å². The smallest absolute Gasteiger partial charge is 0.326 e. The van der Waals surface area contributed by atoms with E-state index in [-0.39, 0.29) is 17.4 Å². The Kier molecular flexibility index (Phi) is 10.6. The Morgan fingerprint density at radius 2 is 1.52 bits per heavy atom. The van der Waals surface area contributed by atoms with Crippen LogP contribution in [0, 0.1) is 0 Å². The molecule has 2 aliphatic rings. The lowest BCUT2D eigenvalue weighted by molar-refractivity contribution is -0.119. The number of hydrogen-bond donors (Lipinski definition) is 1. The lowest BCUT2D eigenvalue weighted by Gasteiger charge is -2.39. The van der Waals surface area contributed by atoms with Gasteiger partial charge in [-0.1, -0.05) is 74.3 Å². The third-order valence-electron chi connectivity index (χ3n) is 8.53. The van der Waals surface area contributed by atoms with E-state index < -0.39 is 12.1 Å². The summed E-state index contributed by atoms with van der Waals surface area (Å²) in [5, 5.41) is 4.12. The van der Waals surface area contributed by atoms with Crippen LogP contribution in [0.15, 0.2) is 71.7 Å². The fourth-order valence-electron chi connectivity index (χ4n) is 6.01. The van der Waals surface area contributed by atoms with Crippen LogP contribution in [0.2, 0.25) is 10.0 Å². The zero-order valence-corrected chi connectivity index (χ0v) is 28.7. The number of rotatable bonds is 8. The molecule has 1 saturated heterocycles. The van der Waals surface area contributed by atoms with E-state index in [0.29, 0.717) is 61.0 Å². The zero-order chi connectivity index (χ0) is 33.0. The summed E-state index contributed by atoms with van der Waals surface area (Å²) in [4.78, 5) is 37.5.